The Labute approximate surface area is 229 Å². The quantitative estimate of drug-likeness (QED) is 0.243. The van der Waals surface area contributed by atoms with Crippen LogP contribution < -0.4 is 4.74 Å². The van der Waals surface area contributed by atoms with Gasteiger partial charge in [0.05, 0.1) is 31.6 Å². The number of fused-ring (bicyclic) bond motifs is 5. The van der Waals surface area contributed by atoms with E-state index in [1.807, 2.05) is 12.1 Å². The first kappa shape index (κ1) is 10.0. The van der Waals surface area contributed by atoms with Crippen molar-refractivity contribution in [1.82, 2.24) is 4.57 Å². The van der Waals surface area contributed by atoms with Gasteiger partial charge >= 0.3 is 0 Å². The molecule has 0 amide bonds. The molecular weight excluding hydrogens is 438 g/mol. The van der Waals surface area contributed by atoms with Gasteiger partial charge in [-0.25, -0.2) is 0 Å². The number of nitrogens with zero attached hydrogens (tertiary/aromatic N) is 1. The van der Waals surface area contributed by atoms with Crippen molar-refractivity contribution in [1.29, 1.82) is 0 Å². The van der Waals surface area contributed by atoms with E-state index >= 15 is 0 Å². The van der Waals surface area contributed by atoms with Crippen molar-refractivity contribution >= 4 is 32.6 Å². The fourth-order valence-corrected chi connectivity index (χ4v) is 4.84. The van der Waals surface area contributed by atoms with Gasteiger partial charge < -0.3 is 9.30 Å². The molecule has 0 saturated heterocycles. The van der Waals surface area contributed by atoms with E-state index < -0.39 is 101 Å². The monoisotopic (exact) mass is 474 g/mol. The van der Waals surface area contributed by atoms with Crippen LogP contribution in [-0.4, -0.2) is 4.57 Å². The van der Waals surface area contributed by atoms with E-state index in [-0.39, 0.29) is 39.3 Å². The first-order valence-corrected chi connectivity index (χ1v) is 11.1. The van der Waals surface area contributed by atoms with Gasteiger partial charge in [0.2, 0.25) is 0 Å². The van der Waals surface area contributed by atoms with Gasteiger partial charge in [-0.05, 0) is 64.4 Å². The second-order valence-electron chi connectivity index (χ2n) is 8.22. The first-order valence-electron chi connectivity index (χ1n) is 18.6. The number of aromatic nitrogens is 1. The van der Waals surface area contributed by atoms with Crippen molar-refractivity contribution in [3.63, 3.8) is 0 Å². The minimum absolute atomic E-state index is 0.0885. The predicted octanol–water partition coefficient (Wildman–Crippen LogP) is 9.38. The van der Waals surface area contributed by atoms with E-state index in [9.17, 15) is 2.74 Å². The van der Waals surface area contributed by atoms with Gasteiger partial charge in [-0.15, -0.1) is 0 Å². The molecule has 0 fully saturated rings. The van der Waals surface area contributed by atoms with Gasteiger partial charge in [0.15, 0.2) is 0 Å². The molecule has 0 N–H and O–H groups in total. The average molecular weight is 475 g/mol. The summed E-state index contributed by atoms with van der Waals surface area (Å²) in [4.78, 5) is 0. The molecule has 36 heavy (non-hydrogen) atoms. The Kier molecular flexibility index (Phi) is 2.05. The van der Waals surface area contributed by atoms with Crippen molar-refractivity contribution < 1.29 is 25.3 Å². The second kappa shape index (κ2) is 7.34. The molecule has 0 unspecified atom stereocenters. The third kappa shape index (κ3) is 2.67. The molecule has 1 aromatic heterocycles. The van der Waals surface area contributed by atoms with Gasteiger partial charge in [-0.3, -0.25) is 0 Å². The smallest absolute Gasteiger partial charge is 0.135 e. The number of rotatable bonds is 2. The summed E-state index contributed by atoms with van der Waals surface area (Å²) in [6, 6.07) is 0.443. The SMILES string of the molecule is [2H]c1c([2H])c([2H])c(-n2c3c([2H])c([2H])c([2H])c([2H])c3c3c(-c4c([2H])c([2H])c5c(c4[2H])-c4cccc6cccc(c46)O5)c([2H])c([2H])c([2H])c32)c([2H])c1[2H]. The van der Waals surface area contributed by atoms with Crippen molar-refractivity contribution in [2.24, 2.45) is 0 Å². The lowest BCUT2D eigenvalue weighted by Crippen LogP contribution is -1.97. The zero-order chi connectivity index (χ0) is 36.7. The van der Waals surface area contributed by atoms with Gasteiger partial charge in [0.1, 0.15) is 11.5 Å². The van der Waals surface area contributed by atoms with E-state index in [1.165, 1.54) is 0 Å². The molecule has 0 spiro atoms. The molecule has 7 aromatic rings. The molecule has 0 radical (unpaired) electrons. The van der Waals surface area contributed by atoms with Crippen LogP contribution in [0, 0.1) is 0 Å². The lowest BCUT2D eigenvalue weighted by atomic mass is 9.91. The van der Waals surface area contributed by atoms with Crippen LogP contribution >= 0.6 is 0 Å². The Morgan fingerprint density at radius 2 is 1.39 bits per heavy atom. The maximum absolute atomic E-state index is 9.54. The fourth-order valence-electron chi connectivity index (χ4n) is 4.84. The highest BCUT2D eigenvalue weighted by molar-refractivity contribution is 6.16. The highest BCUT2D eigenvalue weighted by Crippen LogP contribution is 2.48. The molecule has 0 saturated carbocycles. The molecule has 1 aliphatic rings. The van der Waals surface area contributed by atoms with Gasteiger partial charge in [0, 0.05) is 27.4 Å². The summed E-state index contributed by atoms with van der Waals surface area (Å²) in [6.07, 6.45) is 0. The molecule has 6 aromatic carbocycles. The Morgan fingerprint density at radius 1 is 0.583 bits per heavy atom. The first-order chi connectivity index (χ1) is 24.1. The lowest BCUT2D eigenvalue weighted by molar-refractivity contribution is 0.487. The van der Waals surface area contributed by atoms with Crippen LogP contribution in [-0.2, 0) is 0 Å². The zero-order valence-corrected chi connectivity index (χ0v) is 18.3. The van der Waals surface area contributed by atoms with E-state index in [0.29, 0.717) is 16.7 Å². The Morgan fingerprint density at radius 3 is 2.31 bits per heavy atom. The molecule has 2 heteroatoms. The third-order valence-electron chi connectivity index (χ3n) is 6.31. The maximum Gasteiger partial charge on any atom is 0.135 e. The van der Waals surface area contributed by atoms with Crippen LogP contribution in [0.3, 0.4) is 0 Å². The van der Waals surface area contributed by atoms with Gasteiger partial charge in [0.25, 0.3) is 0 Å². The minimum Gasteiger partial charge on any atom is -0.456 e. The van der Waals surface area contributed by atoms with E-state index in [4.69, 9.17) is 22.6 Å². The maximum atomic E-state index is 9.54. The summed E-state index contributed by atoms with van der Waals surface area (Å²) in [5.41, 5.74) is -1.49. The minimum atomic E-state index is -0.762. The highest BCUT2D eigenvalue weighted by atomic mass is 16.5. The number of benzene rings is 6. The third-order valence-corrected chi connectivity index (χ3v) is 6.31. The van der Waals surface area contributed by atoms with E-state index in [2.05, 4.69) is 0 Å². The van der Waals surface area contributed by atoms with Crippen LogP contribution in [0.5, 0.6) is 11.5 Å². The fraction of sp³-hybridized carbons (Fsp3) is 0. The van der Waals surface area contributed by atoms with Crippen molar-refractivity contribution in [2.45, 2.75) is 0 Å². The van der Waals surface area contributed by atoms with Crippen molar-refractivity contribution in [3.05, 3.63) is 127 Å². The van der Waals surface area contributed by atoms with E-state index in [1.54, 1.807) is 24.3 Å². The molecule has 8 rings (SSSR count). The van der Waals surface area contributed by atoms with Crippen LogP contribution in [0.2, 0.25) is 0 Å². The van der Waals surface area contributed by atoms with Crippen molar-refractivity contribution in [3.8, 4) is 39.4 Å². The average Bonchev–Trinajstić information content (AvgIpc) is 3.46. The number of para-hydroxylation sites is 2. The van der Waals surface area contributed by atoms with Crippen LogP contribution in [0.1, 0.15) is 20.6 Å². The van der Waals surface area contributed by atoms with E-state index in [0.717, 1.165) is 9.95 Å². The largest absolute Gasteiger partial charge is 0.456 e. The van der Waals surface area contributed by atoms with Gasteiger partial charge in [-0.2, -0.15) is 0 Å². The molecule has 0 atom stereocenters. The summed E-state index contributed by atoms with van der Waals surface area (Å²) < 4.78 is 139. The van der Waals surface area contributed by atoms with Gasteiger partial charge in [-0.1, -0.05) is 84.7 Å². The predicted molar refractivity (Wildman–Crippen MR) is 149 cm³/mol. The Bertz CT molecular complexity index is 2760. The highest BCUT2D eigenvalue weighted by Gasteiger charge is 2.21. The summed E-state index contributed by atoms with van der Waals surface area (Å²) >= 11 is 0. The van der Waals surface area contributed by atoms with Crippen molar-refractivity contribution in [2.75, 3.05) is 0 Å². The summed E-state index contributed by atoms with van der Waals surface area (Å²) in [5.74, 6) is 0.318. The molecule has 2 nitrogen and oxygen atoms in total. The molecule has 1 aliphatic heterocycles. The lowest BCUT2D eigenvalue weighted by Gasteiger charge is -2.22. The molecule has 0 aliphatic carbocycles. The normalized spacial score (nSPS) is 17.9. The Hall–Kier alpha value is -4.82. The number of hydrogen-bond acceptors (Lipinski definition) is 1. The zero-order valence-electron chi connectivity index (χ0n) is 33.3. The topological polar surface area (TPSA) is 14.2 Å². The second-order valence-corrected chi connectivity index (χ2v) is 8.22. The molecular formula is C34H21NO. The van der Waals surface area contributed by atoms with Crippen LogP contribution in [0.4, 0.5) is 0 Å². The molecule has 2 heterocycles. The van der Waals surface area contributed by atoms with Crippen LogP contribution in [0.15, 0.2) is 127 Å². The molecule has 0 bridgehead atoms. The molecule has 168 valence electrons. The summed E-state index contributed by atoms with van der Waals surface area (Å²) in [5, 5.41) is 0.791. The Balaban J connectivity index is 1.65. The number of hydrogen-bond donors (Lipinski definition) is 0. The number of ether oxygens (including phenoxy) is 1. The summed E-state index contributed by atoms with van der Waals surface area (Å²) in [6.45, 7) is 0. The van der Waals surface area contributed by atoms with Crippen LogP contribution in [0.25, 0.3) is 60.5 Å². The summed E-state index contributed by atoms with van der Waals surface area (Å²) in [7, 11) is 0. The standard InChI is InChI=1S/C34H21NO/c1-2-11-24(12-3-1)35-29-16-5-4-13-27(29)34-25(14-8-17-30(34)35)23-19-20-31-28(21-23)26-15-6-9-22-10-7-18-32(36-31)33(22)26/h1-21H/i1D,2D,3D,4D,5D,8D,11D,12D,13D,14D,16D,17D,19D,20D,21D.